The second kappa shape index (κ2) is 61.7. The lowest BCUT2D eigenvalue weighted by Crippen LogP contribution is -2.30. The number of carbonyl (C=O) groups is 3. The molecule has 0 amide bonds. The van der Waals surface area contributed by atoms with E-state index in [9.17, 15) is 14.4 Å². The van der Waals surface area contributed by atoms with E-state index in [1.807, 2.05) is 12.2 Å². The largest absolute Gasteiger partial charge is 0.462 e. The lowest BCUT2D eigenvalue weighted by Gasteiger charge is -2.18. The Hall–Kier alpha value is -2.89. The molecule has 6 heteroatoms. The van der Waals surface area contributed by atoms with Gasteiger partial charge >= 0.3 is 17.9 Å². The number of unbranched alkanes of at least 4 members (excludes halogenated alkanes) is 38. The van der Waals surface area contributed by atoms with Crippen LogP contribution in [-0.2, 0) is 28.6 Å². The summed E-state index contributed by atoms with van der Waals surface area (Å²) in [6, 6.07) is 0. The standard InChI is InChI=1S/C67H120O6/c1-4-7-10-13-16-19-22-25-28-30-32-33-34-35-37-39-42-45-48-51-54-57-60-66(69)72-63-64(62-71-65(68)59-56-53-50-47-44-41-38-27-24-21-18-15-12-9-6-3)73-67(70)61-58-55-52-49-46-43-40-36-31-29-26-23-20-17-14-11-8-5-2/h9,12,18,21,27,38,44,47,53,56,64H,4-8,10-11,13-17,19-20,22-26,28-37,39-43,45-46,48-52,54-55,57-63H2,1-3H3/b12-9-,21-18-,38-27-,47-44-,56-53-. The third-order valence-electron chi connectivity index (χ3n) is 14.1. The van der Waals surface area contributed by atoms with E-state index in [2.05, 4.69) is 69.4 Å². The number of carbonyl (C=O) groups excluding carboxylic acids is 3. The van der Waals surface area contributed by atoms with Crippen LogP contribution < -0.4 is 0 Å². The Kier molecular flexibility index (Phi) is 59.2. The summed E-state index contributed by atoms with van der Waals surface area (Å²) in [7, 11) is 0. The Morgan fingerprint density at radius 1 is 0.288 bits per heavy atom. The van der Waals surface area contributed by atoms with Crippen LogP contribution in [0.3, 0.4) is 0 Å². The molecular formula is C67H120O6. The molecule has 1 atom stereocenters. The fourth-order valence-corrected chi connectivity index (χ4v) is 9.34. The predicted octanol–water partition coefficient (Wildman–Crippen LogP) is 21.6. The van der Waals surface area contributed by atoms with Crippen molar-refractivity contribution in [2.45, 2.75) is 335 Å². The van der Waals surface area contributed by atoms with Crippen molar-refractivity contribution in [2.75, 3.05) is 13.2 Å². The van der Waals surface area contributed by atoms with Gasteiger partial charge in [0.05, 0.1) is 6.42 Å². The van der Waals surface area contributed by atoms with Gasteiger partial charge in [0.25, 0.3) is 0 Å². The first kappa shape index (κ1) is 70.1. The molecule has 6 nitrogen and oxygen atoms in total. The zero-order chi connectivity index (χ0) is 52.9. The van der Waals surface area contributed by atoms with Gasteiger partial charge in [0.2, 0.25) is 0 Å². The van der Waals surface area contributed by atoms with Gasteiger partial charge in [0, 0.05) is 12.8 Å². The van der Waals surface area contributed by atoms with Crippen molar-refractivity contribution >= 4 is 17.9 Å². The number of hydrogen-bond acceptors (Lipinski definition) is 6. The highest BCUT2D eigenvalue weighted by atomic mass is 16.6. The van der Waals surface area contributed by atoms with E-state index in [4.69, 9.17) is 14.2 Å². The number of hydrogen-bond donors (Lipinski definition) is 0. The van der Waals surface area contributed by atoms with Crippen molar-refractivity contribution in [3.63, 3.8) is 0 Å². The van der Waals surface area contributed by atoms with Crippen molar-refractivity contribution in [3.05, 3.63) is 60.8 Å². The van der Waals surface area contributed by atoms with Crippen LogP contribution in [0.15, 0.2) is 60.8 Å². The second-order valence-electron chi connectivity index (χ2n) is 21.3. The first-order valence-electron chi connectivity index (χ1n) is 31.8. The molecule has 0 aliphatic rings. The smallest absolute Gasteiger partial charge is 0.309 e. The monoisotopic (exact) mass is 1020 g/mol. The van der Waals surface area contributed by atoms with E-state index in [1.54, 1.807) is 0 Å². The Morgan fingerprint density at radius 3 is 0.836 bits per heavy atom. The van der Waals surface area contributed by atoms with Crippen molar-refractivity contribution in [2.24, 2.45) is 0 Å². The molecule has 0 aromatic heterocycles. The zero-order valence-electron chi connectivity index (χ0n) is 48.7. The first-order valence-corrected chi connectivity index (χ1v) is 31.8. The van der Waals surface area contributed by atoms with Gasteiger partial charge in [0.1, 0.15) is 13.2 Å². The van der Waals surface area contributed by atoms with Crippen LogP contribution in [0.25, 0.3) is 0 Å². The van der Waals surface area contributed by atoms with E-state index in [0.29, 0.717) is 12.8 Å². The average molecular weight is 1020 g/mol. The van der Waals surface area contributed by atoms with Gasteiger partial charge in [0.15, 0.2) is 6.10 Å². The maximum atomic E-state index is 12.9. The Labute approximate surface area is 453 Å². The fraction of sp³-hybridized carbons (Fsp3) is 0.806. The molecule has 0 aliphatic carbocycles. The Morgan fingerprint density at radius 2 is 0.534 bits per heavy atom. The number of allylic oxidation sites excluding steroid dienone is 9. The van der Waals surface area contributed by atoms with E-state index in [1.165, 1.54) is 218 Å². The fourth-order valence-electron chi connectivity index (χ4n) is 9.34. The molecule has 1 unspecified atom stereocenters. The minimum atomic E-state index is -0.811. The van der Waals surface area contributed by atoms with Crippen LogP contribution in [0.5, 0.6) is 0 Å². The maximum Gasteiger partial charge on any atom is 0.309 e. The van der Waals surface area contributed by atoms with E-state index in [0.717, 1.165) is 70.6 Å². The van der Waals surface area contributed by atoms with Crippen LogP contribution in [0, 0.1) is 0 Å². The van der Waals surface area contributed by atoms with Crippen LogP contribution >= 0.6 is 0 Å². The van der Waals surface area contributed by atoms with E-state index >= 15 is 0 Å². The lowest BCUT2D eigenvalue weighted by atomic mass is 10.0. The zero-order valence-corrected chi connectivity index (χ0v) is 48.7. The average Bonchev–Trinajstić information content (AvgIpc) is 3.39. The van der Waals surface area contributed by atoms with Gasteiger partial charge in [-0.1, -0.05) is 326 Å². The highest BCUT2D eigenvalue weighted by molar-refractivity contribution is 5.72. The summed E-state index contributed by atoms with van der Waals surface area (Å²) in [4.78, 5) is 38.2. The molecule has 0 radical (unpaired) electrons. The third kappa shape index (κ3) is 59.9. The van der Waals surface area contributed by atoms with Crippen LogP contribution in [-0.4, -0.2) is 37.2 Å². The molecule has 0 fully saturated rings. The molecule has 0 saturated heterocycles. The minimum Gasteiger partial charge on any atom is -0.462 e. The van der Waals surface area contributed by atoms with Gasteiger partial charge in [-0.3, -0.25) is 14.4 Å². The third-order valence-corrected chi connectivity index (χ3v) is 14.1. The molecule has 0 aliphatic heterocycles. The van der Waals surface area contributed by atoms with Gasteiger partial charge in [-0.15, -0.1) is 0 Å². The van der Waals surface area contributed by atoms with Crippen LogP contribution in [0.2, 0.25) is 0 Å². The van der Waals surface area contributed by atoms with Gasteiger partial charge in [-0.2, -0.15) is 0 Å². The molecule has 73 heavy (non-hydrogen) atoms. The molecule has 0 spiro atoms. The molecule has 424 valence electrons. The molecular weight excluding hydrogens is 901 g/mol. The maximum absolute atomic E-state index is 12.9. The Balaban J connectivity index is 4.37. The summed E-state index contributed by atoms with van der Waals surface area (Å²) in [6.45, 7) is 6.50. The highest BCUT2D eigenvalue weighted by Crippen LogP contribution is 2.18. The molecule has 0 aromatic rings. The van der Waals surface area contributed by atoms with Gasteiger partial charge in [-0.05, 0) is 44.9 Å². The summed E-state index contributed by atoms with van der Waals surface area (Å²) < 4.78 is 16.8. The summed E-state index contributed by atoms with van der Waals surface area (Å²) in [5, 5.41) is 0. The minimum absolute atomic E-state index is 0.0992. The first-order chi connectivity index (χ1) is 36.0. The summed E-state index contributed by atoms with van der Waals surface area (Å²) >= 11 is 0. The quantitative estimate of drug-likeness (QED) is 0.0261. The highest BCUT2D eigenvalue weighted by Gasteiger charge is 2.19. The van der Waals surface area contributed by atoms with Crippen molar-refractivity contribution < 1.29 is 28.6 Å². The second-order valence-corrected chi connectivity index (χ2v) is 21.3. The van der Waals surface area contributed by atoms with Crippen LogP contribution in [0.4, 0.5) is 0 Å². The molecule has 0 bridgehead atoms. The molecule has 0 rings (SSSR count). The lowest BCUT2D eigenvalue weighted by molar-refractivity contribution is -0.166. The van der Waals surface area contributed by atoms with E-state index < -0.39 is 12.1 Å². The normalized spacial score (nSPS) is 12.4. The number of esters is 3. The van der Waals surface area contributed by atoms with Crippen molar-refractivity contribution in [1.29, 1.82) is 0 Å². The van der Waals surface area contributed by atoms with Crippen molar-refractivity contribution in [3.8, 4) is 0 Å². The SMILES string of the molecule is CC/C=C\C/C=C\C/C=C\C/C=C\C/C=C\CC(=O)OCC(COC(=O)CCCCCCCCCCCCCCCCCCCCCCCC)OC(=O)CCCCCCCCCCCCCCCCCCCC. The summed E-state index contributed by atoms with van der Waals surface area (Å²) in [5.74, 6) is -1.01. The van der Waals surface area contributed by atoms with E-state index in [-0.39, 0.29) is 31.6 Å². The number of rotatable bonds is 58. The van der Waals surface area contributed by atoms with Gasteiger partial charge in [-0.25, -0.2) is 0 Å². The van der Waals surface area contributed by atoms with Crippen LogP contribution in [0.1, 0.15) is 329 Å². The Bertz CT molecular complexity index is 1310. The van der Waals surface area contributed by atoms with Gasteiger partial charge < -0.3 is 14.2 Å². The summed E-state index contributed by atoms with van der Waals surface area (Å²) in [6.07, 6.45) is 78.3. The predicted molar refractivity (Wildman–Crippen MR) is 316 cm³/mol. The molecule has 0 heterocycles. The molecule has 0 aromatic carbocycles. The summed E-state index contributed by atoms with van der Waals surface area (Å²) in [5.41, 5.74) is 0. The molecule has 0 N–H and O–H groups in total. The van der Waals surface area contributed by atoms with Crippen molar-refractivity contribution in [1.82, 2.24) is 0 Å². The molecule has 0 saturated carbocycles. The topological polar surface area (TPSA) is 78.9 Å². The number of ether oxygens (including phenoxy) is 3.